The second-order valence-electron chi connectivity index (χ2n) is 9.49. The Morgan fingerprint density at radius 1 is 1.29 bits per heavy atom. The summed E-state index contributed by atoms with van der Waals surface area (Å²) in [6.45, 7) is 12.2. The van der Waals surface area contributed by atoms with Crippen molar-refractivity contribution in [3.05, 3.63) is 57.9 Å². The number of rotatable bonds is 4. The summed E-state index contributed by atoms with van der Waals surface area (Å²) in [5.74, 6) is -0.326. The number of nitrogens with zero attached hydrogens (tertiary/aromatic N) is 4. The van der Waals surface area contributed by atoms with Crippen molar-refractivity contribution >= 4 is 29.3 Å². The molecule has 0 radical (unpaired) electrons. The summed E-state index contributed by atoms with van der Waals surface area (Å²) < 4.78 is 5.53. The highest BCUT2D eigenvalue weighted by Crippen LogP contribution is 2.27. The molecular weight excluding hydrogens is 454 g/mol. The number of benzene rings is 1. The second-order valence-corrected chi connectivity index (χ2v) is 9.93. The smallest absolute Gasteiger partial charge is 0.410 e. The van der Waals surface area contributed by atoms with Crippen LogP contribution in [0.2, 0.25) is 5.02 Å². The average Bonchev–Trinajstić information content (AvgIpc) is 2.75. The number of piperazine rings is 1. The quantitative estimate of drug-likeness (QED) is 0.681. The zero-order valence-corrected chi connectivity index (χ0v) is 20.9. The predicted octanol–water partition coefficient (Wildman–Crippen LogP) is 4.61. The Morgan fingerprint density at radius 2 is 2.03 bits per heavy atom. The molecule has 9 heteroatoms. The van der Waals surface area contributed by atoms with E-state index in [0.717, 1.165) is 11.1 Å². The van der Waals surface area contributed by atoms with Crippen molar-refractivity contribution < 1.29 is 14.3 Å². The number of ether oxygens (including phenoxy) is 1. The third-order valence-electron chi connectivity index (χ3n) is 5.60. The lowest BCUT2D eigenvalue weighted by Crippen LogP contribution is -2.54. The summed E-state index contributed by atoms with van der Waals surface area (Å²) in [5, 5.41) is 12.3. The molecule has 0 spiro atoms. The minimum atomic E-state index is -0.527. The topological polar surface area (TPSA) is 98.6 Å². The molecule has 2 aromatic rings. The molecule has 1 saturated heterocycles. The van der Waals surface area contributed by atoms with Crippen molar-refractivity contribution in [3.8, 4) is 6.07 Å². The molecule has 1 aromatic heterocycles. The van der Waals surface area contributed by atoms with Gasteiger partial charge < -0.3 is 15.0 Å². The number of carbonyl (C=O) groups is 2. The van der Waals surface area contributed by atoms with Gasteiger partial charge in [-0.1, -0.05) is 11.6 Å². The van der Waals surface area contributed by atoms with Crippen LogP contribution in [0.3, 0.4) is 0 Å². The fraction of sp³-hybridized carbons (Fsp3) is 0.440. The molecule has 8 nitrogen and oxygen atoms in total. The largest absolute Gasteiger partial charge is 0.444 e. The predicted molar refractivity (Wildman–Crippen MR) is 131 cm³/mol. The minimum Gasteiger partial charge on any atom is -0.444 e. The summed E-state index contributed by atoms with van der Waals surface area (Å²) in [6.07, 6.45) is 1.08. The Morgan fingerprint density at radius 3 is 2.62 bits per heavy atom. The normalized spacial score (nSPS) is 16.6. The molecule has 0 unspecified atom stereocenters. The lowest BCUT2D eigenvalue weighted by atomic mass is 10.0. The van der Waals surface area contributed by atoms with Gasteiger partial charge in [-0.15, -0.1) is 0 Å². The van der Waals surface area contributed by atoms with Gasteiger partial charge in [0.05, 0.1) is 5.56 Å². The van der Waals surface area contributed by atoms with Gasteiger partial charge in [-0.2, -0.15) is 5.26 Å². The average molecular weight is 484 g/mol. The zero-order valence-electron chi connectivity index (χ0n) is 20.2. The third kappa shape index (κ3) is 6.46. The Hall–Kier alpha value is -3.15. The van der Waals surface area contributed by atoms with E-state index in [1.54, 1.807) is 17.0 Å². The van der Waals surface area contributed by atoms with Crippen molar-refractivity contribution in [1.82, 2.24) is 14.8 Å². The number of halogens is 1. The first kappa shape index (κ1) is 25.5. The van der Waals surface area contributed by atoms with Gasteiger partial charge in [0.25, 0.3) is 5.91 Å². The Labute approximate surface area is 205 Å². The van der Waals surface area contributed by atoms with Gasteiger partial charge in [0.1, 0.15) is 17.4 Å². The minimum absolute atomic E-state index is 0.00569. The van der Waals surface area contributed by atoms with Crippen LogP contribution in [0, 0.1) is 18.3 Å². The van der Waals surface area contributed by atoms with E-state index >= 15 is 0 Å². The lowest BCUT2D eigenvalue weighted by Gasteiger charge is -2.40. The number of carbonyl (C=O) groups excluding carboxylic acids is 2. The number of anilines is 1. The van der Waals surface area contributed by atoms with E-state index in [0.29, 0.717) is 42.5 Å². The Bertz CT molecular complexity index is 1110. The molecule has 0 bridgehead atoms. The first-order valence-electron chi connectivity index (χ1n) is 11.2. The van der Waals surface area contributed by atoms with E-state index in [-0.39, 0.29) is 23.7 Å². The molecule has 3 rings (SSSR count). The molecule has 0 aliphatic carbocycles. The molecule has 34 heavy (non-hydrogen) atoms. The molecule has 1 atom stereocenters. The maximum Gasteiger partial charge on any atom is 0.410 e. The number of nitrogens with one attached hydrogen (secondary N) is 1. The third-order valence-corrected chi connectivity index (χ3v) is 5.82. The molecule has 0 saturated carbocycles. The van der Waals surface area contributed by atoms with Gasteiger partial charge in [-0.25, -0.2) is 9.78 Å². The van der Waals surface area contributed by atoms with E-state index in [1.807, 2.05) is 46.8 Å². The van der Waals surface area contributed by atoms with Crippen LogP contribution in [0.5, 0.6) is 0 Å². The number of amides is 2. The van der Waals surface area contributed by atoms with Crippen molar-refractivity contribution in [3.63, 3.8) is 0 Å². The molecule has 1 aromatic carbocycles. The summed E-state index contributed by atoms with van der Waals surface area (Å²) in [7, 11) is 0. The van der Waals surface area contributed by atoms with E-state index in [2.05, 4.69) is 15.2 Å². The zero-order chi connectivity index (χ0) is 25.0. The summed E-state index contributed by atoms with van der Waals surface area (Å²) in [5.41, 5.74) is 2.61. The van der Waals surface area contributed by atoms with Crippen LogP contribution in [-0.4, -0.2) is 58.1 Å². The number of aromatic nitrogens is 1. The van der Waals surface area contributed by atoms with Gasteiger partial charge in [0, 0.05) is 49.1 Å². The highest BCUT2D eigenvalue weighted by Gasteiger charge is 2.31. The fourth-order valence-corrected chi connectivity index (χ4v) is 4.07. The standard InChI is InChI=1S/C25H30ClN5O3/c1-16-14-30(8-9-31(16)24(33)34-25(3,4)5)15-19-10-20(26)11-22(17(19)2)29-23(32)18-6-7-21(12-27)28-13-18/h6-7,10-11,13,16H,8-9,14-15H2,1-5H3,(H,29,32)/t16-/m0/s1. The SMILES string of the molecule is Cc1c(CN2CCN(C(=O)OC(C)(C)C)[C@@H](C)C2)cc(Cl)cc1NC(=O)c1ccc(C#N)nc1. The molecule has 1 aliphatic rings. The van der Waals surface area contributed by atoms with Crippen molar-refractivity contribution in [2.45, 2.75) is 52.8 Å². The molecule has 1 aliphatic heterocycles. The molecule has 1 fully saturated rings. The van der Waals surface area contributed by atoms with Crippen LogP contribution in [0.15, 0.2) is 30.5 Å². The summed E-state index contributed by atoms with van der Waals surface area (Å²) in [6, 6.07) is 8.63. The molecule has 1 N–H and O–H groups in total. The summed E-state index contributed by atoms with van der Waals surface area (Å²) >= 11 is 6.38. The fourth-order valence-electron chi connectivity index (χ4n) is 3.83. The molecule has 2 amide bonds. The molecule has 2 heterocycles. The van der Waals surface area contributed by atoms with Crippen molar-refractivity contribution in [2.24, 2.45) is 0 Å². The number of nitriles is 1. The number of hydrogen-bond donors (Lipinski definition) is 1. The monoisotopic (exact) mass is 483 g/mol. The van der Waals surface area contributed by atoms with Crippen molar-refractivity contribution in [2.75, 3.05) is 25.0 Å². The maximum absolute atomic E-state index is 12.7. The Kier molecular flexibility index (Phi) is 7.80. The van der Waals surface area contributed by atoms with Crippen LogP contribution in [0.25, 0.3) is 0 Å². The van der Waals surface area contributed by atoms with Crippen LogP contribution in [0.4, 0.5) is 10.5 Å². The molecular formula is C25H30ClN5O3. The van der Waals surface area contributed by atoms with E-state index < -0.39 is 5.60 Å². The Balaban J connectivity index is 1.68. The first-order valence-corrected chi connectivity index (χ1v) is 11.5. The lowest BCUT2D eigenvalue weighted by molar-refractivity contribution is 0.000535. The van der Waals surface area contributed by atoms with E-state index in [4.69, 9.17) is 21.6 Å². The van der Waals surface area contributed by atoms with Crippen LogP contribution >= 0.6 is 11.6 Å². The van der Waals surface area contributed by atoms with Gasteiger partial charge >= 0.3 is 6.09 Å². The summed E-state index contributed by atoms with van der Waals surface area (Å²) in [4.78, 5) is 33.2. The van der Waals surface area contributed by atoms with Gasteiger partial charge in [0.2, 0.25) is 0 Å². The van der Waals surface area contributed by atoms with Gasteiger partial charge in [-0.05, 0) is 70.0 Å². The second kappa shape index (κ2) is 10.4. The van der Waals surface area contributed by atoms with Gasteiger partial charge in [-0.3, -0.25) is 9.69 Å². The van der Waals surface area contributed by atoms with E-state index in [9.17, 15) is 9.59 Å². The van der Waals surface area contributed by atoms with Crippen LogP contribution in [-0.2, 0) is 11.3 Å². The molecule has 180 valence electrons. The highest BCUT2D eigenvalue weighted by molar-refractivity contribution is 6.31. The van der Waals surface area contributed by atoms with Gasteiger partial charge in [0.15, 0.2) is 0 Å². The number of pyridine rings is 1. The first-order chi connectivity index (χ1) is 16.0. The highest BCUT2D eigenvalue weighted by atomic mass is 35.5. The van der Waals surface area contributed by atoms with Crippen LogP contribution in [0.1, 0.15) is 54.9 Å². The van der Waals surface area contributed by atoms with Crippen molar-refractivity contribution in [1.29, 1.82) is 5.26 Å². The van der Waals surface area contributed by atoms with E-state index in [1.165, 1.54) is 12.3 Å². The van der Waals surface area contributed by atoms with Crippen LogP contribution < -0.4 is 5.32 Å². The maximum atomic E-state index is 12.7. The number of hydrogen-bond acceptors (Lipinski definition) is 6.